The van der Waals surface area contributed by atoms with Crippen molar-refractivity contribution in [2.24, 2.45) is 0 Å². The van der Waals surface area contributed by atoms with E-state index in [4.69, 9.17) is 48.2 Å². The molecule has 14 heteroatoms. The van der Waals surface area contributed by atoms with Crippen molar-refractivity contribution in [2.45, 2.75) is 0 Å². The Morgan fingerprint density at radius 1 is 0.943 bits per heavy atom. The van der Waals surface area contributed by atoms with E-state index < -0.39 is 35.4 Å². The summed E-state index contributed by atoms with van der Waals surface area (Å²) in [4.78, 5) is 32.2. The summed E-state index contributed by atoms with van der Waals surface area (Å²) in [6.07, 6.45) is 0. The van der Waals surface area contributed by atoms with Gasteiger partial charge < -0.3 is 30.1 Å². The molecule has 35 heavy (non-hydrogen) atoms. The van der Waals surface area contributed by atoms with Gasteiger partial charge in [0, 0.05) is 27.1 Å². The van der Waals surface area contributed by atoms with Crippen LogP contribution in [0.15, 0.2) is 48.5 Å². The molecule has 0 saturated carbocycles. The Hall–Kier alpha value is -3.84. The Balaban J connectivity index is 0.000000303. The van der Waals surface area contributed by atoms with Crippen LogP contribution < -0.4 is 10.2 Å². The van der Waals surface area contributed by atoms with E-state index >= 15 is 0 Å². The first-order valence-electron chi connectivity index (χ1n) is 9.34. The van der Waals surface area contributed by atoms with Crippen LogP contribution in [0.25, 0.3) is 11.1 Å². The quantitative estimate of drug-likeness (QED) is 0.182. The number of hydrogen-bond donors (Lipinski definition) is 5. The molecule has 11 nitrogen and oxygen atoms in total. The van der Waals surface area contributed by atoms with Gasteiger partial charge in [0.05, 0.1) is 23.2 Å². The fourth-order valence-corrected chi connectivity index (χ4v) is 3.27. The number of hydrogen-bond acceptors (Lipinski definition) is 8. The Bertz CT molecular complexity index is 1270. The van der Waals surface area contributed by atoms with Crippen LogP contribution in [0, 0.1) is 10.1 Å². The van der Waals surface area contributed by atoms with Crippen LogP contribution in [-0.4, -0.2) is 56.5 Å². The number of methoxy groups -OCH3 is 1. The van der Waals surface area contributed by atoms with Crippen molar-refractivity contribution >= 4 is 53.4 Å². The molecule has 0 radical (unpaired) electrons. The molecule has 0 aromatic heterocycles. The number of carboxylic acids is 2. The van der Waals surface area contributed by atoms with Crippen molar-refractivity contribution in [3.8, 4) is 22.6 Å². The number of phenolic OH excluding ortho intramolecular Hbond substituents is 1. The number of nitro groups is 1. The minimum atomic E-state index is -1.56. The molecule has 0 fully saturated rings. The van der Waals surface area contributed by atoms with Crippen LogP contribution in [0.5, 0.6) is 11.5 Å². The third-order valence-corrected chi connectivity index (χ3v) is 4.91. The summed E-state index contributed by atoms with van der Waals surface area (Å²) in [5.74, 6) is -3.09. The first-order valence-corrected chi connectivity index (χ1v) is 10.1. The van der Waals surface area contributed by atoms with Gasteiger partial charge in [0.25, 0.3) is 0 Å². The second-order valence-corrected chi connectivity index (χ2v) is 7.62. The molecule has 0 unspecified atom stereocenters. The summed E-state index contributed by atoms with van der Waals surface area (Å²) in [5.41, 5.74) is -1.26. The zero-order valence-electron chi connectivity index (χ0n) is 17.7. The largest absolute Gasteiger partial charge is 0.502 e. The fourth-order valence-electron chi connectivity index (χ4n) is 2.88. The second kappa shape index (κ2) is 11.5. The first-order chi connectivity index (χ1) is 16.3. The highest BCUT2D eigenvalue weighted by Crippen LogP contribution is 2.40. The SMILES string of the molecule is COc1ccc(Cl)cc1B(O)O.O=C(O)c1cc(C(=O)O)cc(-c2cc(Cl)cc([N+](=O)[O-])c2O)c1. The summed E-state index contributed by atoms with van der Waals surface area (Å²) in [5, 5.41) is 57.1. The average molecular weight is 524 g/mol. The number of nitro benzene ring substituents is 1. The minimum absolute atomic E-state index is 0.0228. The smallest absolute Gasteiger partial charge is 0.492 e. The molecule has 182 valence electrons. The molecule has 0 atom stereocenters. The third-order valence-electron chi connectivity index (χ3n) is 4.46. The molecule has 0 bridgehead atoms. The molecule has 0 aliphatic rings. The predicted molar refractivity (Wildman–Crippen MR) is 127 cm³/mol. The van der Waals surface area contributed by atoms with Gasteiger partial charge in [0.15, 0.2) is 0 Å². The highest BCUT2D eigenvalue weighted by Gasteiger charge is 2.22. The van der Waals surface area contributed by atoms with Crippen molar-refractivity contribution < 1.29 is 44.6 Å². The summed E-state index contributed by atoms with van der Waals surface area (Å²) < 4.78 is 4.88. The minimum Gasteiger partial charge on any atom is -0.502 e. The van der Waals surface area contributed by atoms with Crippen LogP contribution in [0.2, 0.25) is 10.0 Å². The van der Waals surface area contributed by atoms with E-state index in [0.717, 1.165) is 24.3 Å². The van der Waals surface area contributed by atoms with E-state index in [1.165, 1.54) is 19.2 Å². The van der Waals surface area contributed by atoms with E-state index in [1.807, 2.05) is 0 Å². The molecule has 0 saturated heterocycles. The summed E-state index contributed by atoms with van der Waals surface area (Å²) in [6.45, 7) is 0. The molecule has 3 aromatic rings. The van der Waals surface area contributed by atoms with Crippen molar-refractivity contribution in [1.29, 1.82) is 0 Å². The third kappa shape index (κ3) is 6.84. The lowest BCUT2D eigenvalue weighted by molar-refractivity contribution is -0.385. The molecular formula is C21H16BCl2NO10. The van der Waals surface area contributed by atoms with Gasteiger partial charge in [-0.25, -0.2) is 9.59 Å². The first kappa shape index (κ1) is 27.4. The molecule has 0 spiro atoms. The topological polar surface area (TPSA) is 188 Å². The summed E-state index contributed by atoms with van der Waals surface area (Å²) >= 11 is 11.4. The van der Waals surface area contributed by atoms with E-state index in [1.54, 1.807) is 12.1 Å². The lowest BCUT2D eigenvalue weighted by Crippen LogP contribution is -2.31. The Kier molecular flexibility index (Phi) is 9.03. The zero-order chi connectivity index (χ0) is 26.4. The van der Waals surface area contributed by atoms with Crippen LogP contribution in [0.4, 0.5) is 5.69 Å². The normalized spacial score (nSPS) is 10.1. The van der Waals surface area contributed by atoms with Gasteiger partial charge >= 0.3 is 24.7 Å². The zero-order valence-corrected chi connectivity index (χ0v) is 19.2. The Morgan fingerprint density at radius 2 is 1.51 bits per heavy atom. The lowest BCUT2D eigenvalue weighted by atomic mass is 9.79. The van der Waals surface area contributed by atoms with Crippen molar-refractivity contribution in [3.05, 3.63) is 79.8 Å². The van der Waals surface area contributed by atoms with Gasteiger partial charge in [-0.15, -0.1) is 0 Å². The number of rotatable bonds is 6. The molecular weight excluding hydrogens is 508 g/mol. The monoisotopic (exact) mass is 523 g/mol. The Labute approximate surface area is 207 Å². The maximum Gasteiger partial charge on any atom is 0.492 e. The number of aromatic carboxylic acids is 2. The van der Waals surface area contributed by atoms with Crippen molar-refractivity contribution in [3.63, 3.8) is 0 Å². The predicted octanol–water partition coefficient (Wildman–Crippen LogP) is 3.05. The molecule has 0 heterocycles. The van der Waals surface area contributed by atoms with E-state index in [9.17, 15) is 24.8 Å². The number of halogens is 2. The van der Waals surface area contributed by atoms with Crippen molar-refractivity contribution in [1.82, 2.24) is 0 Å². The molecule has 3 rings (SSSR count). The molecule has 0 aliphatic carbocycles. The maximum atomic E-state index is 11.1. The van der Waals surface area contributed by atoms with E-state index in [0.29, 0.717) is 10.8 Å². The van der Waals surface area contributed by atoms with E-state index in [-0.39, 0.29) is 32.7 Å². The summed E-state index contributed by atoms with van der Waals surface area (Å²) in [7, 11) is -0.103. The number of aromatic hydroxyl groups is 1. The number of ether oxygens (including phenoxy) is 1. The molecule has 0 amide bonds. The van der Waals surface area contributed by atoms with Crippen LogP contribution >= 0.6 is 23.2 Å². The standard InChI is InChI=1S/C14H8ClNO7.C7H8BClO3/c15-9-4-10(12(17)11(5-9)16(22)23)6-1-7(13(18)19)3-8(2-6)14(20)21;1-12-7-3-2-5(9)4-6(7)8(10)11/h1-5,17H,(H,18,19)(H,20,21);2-4,10-11H,1H3. The van der Waals surface area contributed by atoms with Gasteiger partial charge in [-0.05, 0) is 48.0 Å². The van der Waals surface area contributed by atoms with Crippen LogP contribution in [0.1, 0.15) is 20.7 Å². The number of carboxylic acid groups (broad SMARTS) is 2. The van der Waals surface area contributed by atoms with Gasteiger partial charge in [-0.1, -0.05) is 23.2 Å². The number of carbonyl (C=O) groups is 2. The van der Waals surface area contributed by atoms with Crippen molar-refractivity contribution in [2.75, 3.05) is 7.11 Å². The number of benzene rings is 3. The molecule has 0 aliphatic heterocycles. The van der Waals surface area contributed by atoms with Gasteiger partial charge in [0.2, 0.25) is 5.75 Å². The highest BCUT2D eigenvalue weighted by atomic mass is 35.5. The maximum absolute atomic E-state index is 11.1. The van der Waals surface area contributed by atoms with Crippen LogP contribution in [0.3, 0.4) is 0 Å². The average Bonchev–Trinajstić information content (AvgIpc) is 2.80. The van der Waals surface area contributed by atoms with Crippen LogP contribution in [-0.2, 0) is 0 Å². The fraction of sp³-hybridized carbons (Fsp3) is 0.0476. The lowest BCUT2D eigenvalue weighted by Gasteiger charge is -2.09. The number of nitrogens with zero attached hydrogens (tertiary/aromatic N) is 1. The van der Waals surface area contributed by atoms with Gasteiger partial charge in [0.1, 0.15) is 5.75 Å². The van der Waals surface area contributed by atoms with Gasteiger partial charge in [-0.2, -0.15) is 0 Å². The summed E-state index contributed by atoms with van der Waals surface area (Å²) in [6, 6.07) is 9.86. The van der Waals surface area contributed by atoms with Gasteiger partial charge in [-0.3, -0.25) is 10.1 Å². The number of phenols is 1. The molecule has 3 aromatic carbocycles. The Morgan fingerprint density at radius 3 is 1.97 bits per heavy atom. The highest BCUT2D eigenvalue weighted by molar-refractivity contribution is 6.60. The molecule has 5 N–H and O–H groups in total. The second-order valence-electron chi connectivity index (χ2n) is 6.75. The van der Waals surface area contributed by atoms with E-state index in [2.05, 4.69) is 0 Å².